The lowest BCUT2D eigenvalue weighted by Crippen LogP contribution is -2.39. The smallest absolute Gasteiger partial charge is 0.328 e. The summed E-state index contributed by atoms with van der Waals surface area (Å²) in [5.41, 5.74) is 1.79. The molecular weight excluding hydrogens is 244 g/mol. The zero-order valence-electron chi connectivity index (χ0n) is 11.3. The first-order chi connectivity index (χ1) is 8.91. The van der Waals surface area contributed by atoms with Gasteiger partial charge in [0.25, 0.3) is 0 Å². The maximum atomic E-state index is 12.0. The van der Waals surface area contributed by atoms with Crippen molar-refractivity contribution in [2.75, 3.05) is 18.5 Å². The van der Waals surface area contributed by atoms with Gasteiger partial charge >= 0.3 is 12.0 Å². The number of carbonyl (C=O) groups excluding carboxylic acids is 1. The average molecular weight is 262 g/mol. The van der Waals surface area contributed by atoms with Crippen molar-refractivity contribution < 1.29 is 14.7 Å². The fraction of sp³-hybridized carbons (Fsp3) is 0.429. The van der Waals surface area contributed by atoms with Gasteiger partial charge in [-0.05, 0) is 23.6 Å². The molecule has 1 N–H and O–H groups in total. The molecule has 0 saturated carbocycles. The normalized spacial score (nSPS) is 19.4. The van der Waals surface area contributed by atoms with Crippen LogP contribution >= 0.6 is 0 Å². The fourth-order valence-corrected chi connectivity index (χ4v) is 2.24. The first-order valence-corrected chi connectivity index (χ1v) is 6.29. The van der Waals surface area contributed by atoms with Gasteiger partial charge in [-0.3, -0.25) is 4.90 Å². The van der Waals surface area contributed by atoms with Crippen LogP contribution in [0, 0.1) is 0 Å². The third-order valence-electron chi connectivity index (χ3n) is 3.41. The van der Waals surface area contributed by atoms with Crippen LogP contribution in [0.4, 0.5) is 10.5 Å². The molecular formula is C14H18N2O3. The predicted octanol–water partition coefficient (Wildman–Crippen LogP) is 2.14. The van der Waals surface area contributed by atoms with Crippen LogP contribution in [0.1, 0.15) is 25.3 Å². The Hall–Kier alpha value is -2.04. The second-order valence-corrected chi connectivity index (χ2v) is 5.13. The molecule has 1 unspecified atom stereocenters. The van der Waals surface area contributed by atoms with Crippen LogP contribution in [0.25, 0.3) is 0 Å². The van der Waals surface area contributed by atoms with E-state index in [0.717, 1.165) is 5.56 Å². The van der Waals surface area contributed by atoms with Crippen molar-refractivity contribution >= 4 is 17.7 Å². The third kappa shape index (κ3) is 2.41. The number of likely N-dealkylation sites (N-methyl/N-ethyl adjacent to an activating group) is 1. The highest BCUT2D eigenvalue weighted by atomic mass is 16.4. The topological polar surface area (TPSA) is 60.9 Å². The van der Waals surface area contributed by atoms with Gasteiger partial charge in [-0.1, -0.05) is 26.0 Å². The SMILES string of the molecule is CC(C)c1ccc(N2C(=O)N(C)CC2C(=O)O)cc1. The quantitative estimate of drug-likeness (QED) is 0.907. The Bertz CT molecular complexity index is 496. The average Bonchev–Trinajstić information content (AvgIpc) is 2.66. The molecule has 5 heteroatoms. The van der Waals surface area contributed by atoms with E-state index in [1.165, 1.54) is 9.80 Å². The summed E-state index contributed by atoms with van der Waals surface area (Å²) in [5, 5.41) is 9.20. The molecule has 0 spiro atoms. The van der Waals surface area contributed by atoms with Gasteiger partial charge in [0, 0.05) is 12.7 Å². The highest BCUT2D eigenvalue weighted by Crippen LogP contribution is 2.26. The summed E-state index contributed by atoms with van der Waals surface area (Å²) in [6, 6.07) is 6.40. The van der Waals surface area contributed by atoms with E-state index in [-0.39, 0.29) is 12.6 Å². The lowest BCUT2D eigenvalue weighted by atomic mass is 10.0. The fourth-order valence-electron chi connectivity index (χ4n) is 2.24. The van der Waals surface area contributed by atoms with Crippen molar-refractivity contribution in [3.8, 4) is 0 Å². The zero-order valence-corrected chi connectivity index (χ0v) is 11.3. The van der Waals surface area contributed by atoms with Crippen LogP contribution in [-0.2, 0) is 4.79 Å². The standard InChI is InChI=1S/C14H18N2O3/c1-9(2)10-4-6-11(7-5-10)16-12(13(17)18)8-15(3)14(16)19/h4-7,9,12H,8H2,1-3H3,(H,17,18). The molecule has 0 radical (unpaired) electrons. The van der Waals surface area contributed by atoms with Crippen LogP contribution in [0.5, 0.6) is 0 Å². The minimum absolute atomic E-state index is 0.208. The lowest BCUT2D eigenvalue weighted by Gasteiger charge is -2.20. The number of urea groups is 1. The van der Waals surface area contributed by atoms with Gasteiger partial charge in [0.1, 0.15) is 0 Å². The molecule has 1 aromatic carbocycles. The van der Waals surface area contributed by atoms with Crippen LogP contribution in [0.2, 0.25) is 0 Å². The van der Waals surface area contributed by atoms with E-state index in [2.05, 4.69) is 13.8 Å². The van der Waals surface area contributed by atoms with Gasteiger partial charge in [0.15, 0.2) is 6.04 Å². The minimum atomic E-state index is -0.981. The molecule has 102 valence electrons. The number of anilines is 1. The molecule has 1 aliphatic rings. The first kappa shape index (κ1) is 13.4. The van der Waals surface area contributed by atoms with Crippen molar-refractivity contribution in [2.45, 2.75) is 25.8 Å². The summed E-state index contributed by atoms with van der Waals surface area (Å²) in [4.78, 5) is 26.0. The van der Waals surface area contributed by atoms with Crippen LogP contribution in [0.15, 0.2) is 24.3 Å². The number of hydrogen-bond donors (Lipinski definition) is 1. The zero-order chi connectivity index (χ0) is 14.2. The van der Waals surface area contributed by atoms with E-state index < -0.39 is 12.0 Å². The molecule has 0 bridgehead atoms. The summed E-state index contributed by atoms with van der Waals surface area (Å²) in [6.45, 7) is 4.38. The molecule has 2 rings (SSSR count). The van der Waals surface area contributed by atoms with Crippen LogP contribution in [0.3, 0.4) is 0 Å². The van der Waals surface area contributed by atoms with Crippen molar-refractivity contribution in [3.05, 3.63) is 29.8 Å². The Labute approximate surface area is 112 Å². The molecule has 1 atom stereocenters. The van der Waals surface area contributed by atoms with Crippen molar-refractivity contribution in [2.24, 2.45) is 0 Å². The minimum Gasteiger partial charge on any atom is -0.480 e. The molecule has 19 heavy (non-hydrogen) atoms. The Kier molecular flexibility index (Phi) is 3.46. The molecule has 1 saturated heterocycles. The number of aliphatic carboxylic acids is 1. The van der Waals surface area contributed by atoms with Crippen molar-refractivity contribution in [3.63, 3.8) is 0 Å². The van der Waals surface area contributed by atoms with Gasteiger partial charge in [-0.2, -0.15) is 0 Å². The van der Waals surface area contributed by atoms with Gasteiger partial charge in [0.05, 0.1) is 6.54 Å². The number of carboxylic acids is 1. The van der Waals surface area contributed by atoms with E-state index >= 15 is 0 Å². The number of carbonyl (C=O) groups is 2. The maximum absolute atomic E-state index is 12.0. The number of carboxylic acid groups (broad SMARTS) is 1. The maximum Gasteiger partial charge on any atom is 0.328 e. The predicted molar refractivity (Wildman–Crippen MR) is 72.5 cm³/mol. The lowest BCUT2D eigenvalue weighted by molar-refractivity contribution is -0.138. The second-order valence-electron chi connectivity index (χ2n) is 5.13. The molecule has 1 heterocycles. The number of nitrogens with zero attached hydrogens (tertiary/aromatic N) is 2. The summed E-state index contributed by atoms with van der Waals surface area (Å²) in [6.07, 6.45) is 0. The molecule has 1 fully saturated rings. The Morgan fingerprint density at radius 1 is 1.32 bits per heavy atom. The van der Waals surface area contributed by atoms with Crippen LogP contribution < -0.4 is 4.90 Å². The molecule has 0 aliphatic carbocycles. The van der Waals surface area contributed by atoms with Gasteiger partial charge < -0.3 is 10.0 Å². The number of hydrogen-bond acceptors (Lipinski definition) is 2. The Morgan fingerprint density at radius 2 is 1.89 bits per heavy atom. The molecule has 1 aliphatic heterocycles. The van der Waals surface area contributed by atoms with E-state index in [1.54, 1.807) is 7.05 Å². The summed E-state index contributed by atoms with van der Waals surface area (Å²) in [5.74, 6) is -0.577. The van der Waals surface area contributed by atoms with Gasteiger partial charge in [-0.15, -0.1) is 0 Å². The molecule has 2 amide bonds. The molecule has 0 aromatic heterocycles. The second kappa shape index (κ2) is 4.91. The Balaban J connectivity index is 2.33. The van der Waals surface area contributed by atoms with Crippen molar-refractivity contribution in [1.29, 1.82) is 0 Å². The Morgan fingerprint density at radius 3 is 2.37 bits per heavy atom. The molecule has 5 nitrogen and oxygen atoms in total. The van der Waals surface area contributed by atoms with Gasteiger partial charge in [0.2, 0.25) is 0 Å². The summed E-state index contributed by atoms with van der Waals surface area (Å²) >= 11 is 0. The highest BCUT2D eigenvalue weighted by molar-refractivity contribution is 6.01. The third-order valence-corrected chi connectivity index (χ3v) is 3.41. The first-order valence-electron chi connectivity index (χ1n) is 6.29. The van der Waals surface area contributed by atoms with Gasteiger partial charge in [-0.25, -0.2) is 9.59 Å². The summed E-state index contributed by atoms with van der Waals surface area (Å²) in [7, 11) is 1.61. The van der Waals surface area contributed by atoms with E-state index in [4.69, 9.17) is 0 Å². The van der Waals surface area contributed by atoms with Crippen molar-refractivity contribution in [1.82, 2.24) is 4.90 Å². The molecule has 1 aromatic rings. The van der Waals surface area contributed by atoms with Crippen LogP contribution in [-0.4, -0.2) is 41.6 Å². The number of rotatable bonds is 3. The largest absolute Gasteiger partial charge is 0.480 e. The monoisotopic (exact) mass is 262 g/mol. The van der Waals surface area contributed by atoms with E-state index in [0.29, 0.717) is 11.6 Å². The van der Waals surface area contributed by atoms with E-state index in [9.17, 15) is 14.7 Å². The summed E-state index contributed by atoms with van der Waals surface area (Å²) < 4.78 is 0. The highest BCUT2D eigenvalue weighted by Gasteiger charge is 2.40. The number of amides is 2. The number of benzene rings is 1. The van der Waals surface area contributed by atoms with E-state index in [1.807, 2.05) is 24.3 Å².